The fraction of sp³-hybridized carbons (Fsp3) is 0.316. The van der Waals surface area contributed by atoms with Gasteiger partial charge in [-0.15, -0.1) is 0 Å². The number of amides is 2. The van der Waals surface area contributed by atoms with Crippen LogP contribution in [0.15, 0.2) is 35.2 Å². The van der Waals surface area contributed by atoms with Crippen molar-refractivity contribution in [3.8, 4) is 0 Å². The number of carbonyl (C=O) groups is 3. The van der Waals surface area contributed by atoms with Crippen molar-refractivity contribution < 1.29 is 27.9 Å². The minimum atomic E-state index is -3.85. The second-order valence-corrected chi connectivity index (χ2v) is 8.41. The molecule has 0 spiro atoms. The van der Waals surface area contributed by atoms with E-state index in [1.54, 1.807) is 18.2 Å². The SMILES string of the molecule is CN1C(=O)c2cccc3cc(S(=O)(=O)NCCCCCC(=O)O)cc(c23)C1=O. The number of benzene rings is 2. The molecular formula is C19H20N2O6S. The van der Waals surface area contributed by atoms with Gasteiger partial charge in [-0.2, -0.15) is 0 Å². The van der Waals surface area contributed by atoms with Crippen LogP contribution in [0.3, 0.4) is 0 Å². The highest BCUT2D eigenvalue weighted by Gasteiger charge is 2.31. The fourth-order valence-corrected chi connectivity index (χ4v) is 4.36. The molecule has 1 aliphatic rings. The normalized spacial score (nSPS) is 14.0. The van der Waals surface area contributed by atoms with Crippen molar-refractivity contribution in [2.75, 3.05) is 13.6 Å². The highest BCUT2D eigenvalue weighted by molar-refractivity contribution is 7.89. The van der Waals surface area contributed by atoms with Gasteiger partial charge >= 0.3 is 5.97 Å². The van der Waals surface area contributed by atoms with Gasteiger partial charge in [-0.25, -0.2) is 13.1 Å². The lowest BCUT2D eigenvalue weighted by Gasteiger charge is -2.24. The summed E-state index contributed by atoms with van der Waals surface area (Å²) in [6, 6.07) is 7.67. The van der Waals surface area contributed by atoms with E-state index >= 15 is 0 Å². The molecule has 1 heterocycles. The minimum Gasteiger partial charge on any atom is -0.481 e. The number of carboxylic acid groups (broad SMARTS) is 1. The Labute approximate surface area is 162 Å². The number of unbranched alkanes of at least 4 members (excludes halogenated alkanes) is 2. The Kier molecular flexibility index (Phi) is 5.48. The third-order valence-corrected chi connectivity index (χ3v) is 6.13. The van der Waals surface area contributed by atoms with Crippen molar-refractivity contribution in [1.29, 1.82) is 0 Å². The van der Waals surface area contributed by atoms with Crippen LogP contribution < -0.4 is 4.72 Å². The topological polar surface area (TPSA) is 121 Å². The van der Waals surface area contributed by atoms with Crippen molar-refractivity contribution in [2.45, 2.75) is 30.6 Å². The number of nitrogens with one attached hydrogen (secondary N) is 1. The summed E-state index contributed by atoms with van der Waals surface area (Å²) in [6.07, 6.45) is 1.63. The lowest BCUT2D eigenvalue weighted by molar-refractivity contribution is -0.137. The molecule has 2 N–H and O–H groups in total. The molecule has 28 heavy (non-hydrogen) atoms. The molecule has 3 rings (SSSR count). The maximum absolute atomic E-state index is 12.6. The number of rotatable bonds is 8. The molecule has 0 aliphatic carbocycles. The molecule has 8 nitrogen and oxygen atoms in total. The van der Waals surface area contributed by atoms with Gasteiger partial charge in [0.05, 0.1) is 4.90 Å². The van der Waals surface area contributed by atoms with Crippen molar-refractivity contribution in [3.63, 3.8) is 0 Å². The van der Waals surface area contributed by atoms with Gasteiger partial charge in [-0.05, 0) is 36.4 Å². The predicted octanol–water partition coefficient (Wildman–Crippen LogP) is 1.99. The Morgan fingerprint density at radius 3 is 2.50 bits per heavy atom. The number of sulfonamides is 1. The monoisotopic (exact) mass is 404 g/mol. The number of aliphatic carboxylic acids is 1. The third kappa shape index (κ3) is 3.76. The largest absolute Gasteiger partial charge is 0.481 e. The van der Waals surface area contributed by atoms with E-state index in [0.29, 0.717) is 35.6 Å². The molecule has 2 aromatic carbocycles. The fourth-order valence-electron chi connectivity index (χ4n) is 3.22. The van der Waals surface area contributed by atoms with Crippen LogP contribution in [0.4, 0.5) is 0 Å². The second-order valence-electron chi connectivity index (χ2n) is 6.65. The molecule has 0 fully saturated rings. The summed E-state index contributed by atoms with van der Waals surface area (Å²) in [5.74, 6) is -1.84. The molecule has 2 amide bonds. The van der Waals surface area contributed by atoms with Gasteiger partial charge in [0.2, 0.25) is 10.0 Å². The van der Waals surface area contributed by atoms with Crippen molar-refractivity contribution in [3.05, 3.63) is 41.5 Å². The predicted molar refractivity (Wildman–Crippen MR) is 102 cm³/mol. The Hall–Kier alpha value is -2.78. The van der Waals surface area contributed by atoms with Crippen LogP contribution in [-0.4, -0.2) is 49.8 Å². The number of hydrogen-bond donors (Lipinski definition) is 2. The second kappa shape index (κ2) is 7.69. The molecule has 0 radical (unpaired) electrons. The molecule has 148 valence electrons. The molecule has 9 heteroatoms. The smallest absolute Gasteiger partial charge is 0.303 e. The first-order valence-corrected chi connectivity index (χ1v) is 10.3. The van der Waals surface area contributed by atoms with Gasteiger partial charge in [-0.3, -0.25) is 19.3 Å². The molecular weight excluding hydrogens is 384 g/mol. The Balaban J connectivity index is 1.85. The Morgan fingerprint density at radius 2 is 1.79 bits per heavy atom. The Morgan fingerprint density at radius 1 is 1.07 bits per heavy atom. The lowest BCUT2D eigenvalue weighted by Crippen LogP contribution is -2.37. The van der Waals surface area contributed by atoms with Crippen molar-refractivity contribution in [2.24, 2.45) is 0 Å². The first-order valence-electron chi connectivity index (χ1n) is 8.83. The molecule has 0 saturated carbocycles. The van der Waals surface area contributed by atoms with Gasteiger partial charge in [0, 0.05) is 36.5 Å². The quantitative estimate of drug-likeness (QED) is 0.513. The Bertz CT molecular complexity index is 1080. The van der Waals surface area contributed by atoms with Crippen LogP contribution in [0.2, 0.25) is 0 Å². The van der Waals surface area contributed by atoms with E-state index in [1.807, 2.05) is 0 Å². The van der Waals surface area contributed by atoms with E-state index in [9.17, 15) is 22.8 Å². The van der Waals surface area contributed by atoms with Crippen LogP contribution in [0.25, 0.3) is 10.8 Å². The highest BCUT2D eigenvalue weighted by atomic mass is 32.2. The summed E-state index contributed by atoms with van der Waals surface area (Å²) >= 11 is 0. The van der Waals surface area contributed by atoms with Crippen LogP contribution in [-0.2, 0) is 14.8 Å². The highest BCUT2D eigenvalue weighted by Crippen LogP contribution is 2.31. The van der Waals surface area contributed by atoms with E-state index in [2.05, 4.69) is 4.72 Å². The van der Waals surface area contributed by atoms with Crippen LogP contribution in [0, 0.1) is 0 Å². The summed E-state index contributed by atoms with van der Waals surface area (Å²) in [5.41, 5.74) is 0.543. The molecule has 0 aromatic heterocycles. The number of carbonyl (C=O) groups excluding carboxylic acids is 2. The summed E-state index contributed by atoms with van der Waals surface area (Å²) in [4.78, 5) is 36.2. The summed E-state index contributed by atoms with van der Waals surface area (Å²) in [7, 11) is -2.49. The zero-order chi connectivity index (χ0) is 20.5. The van der Waals surface area contributed by atoms with Gasteiger partial charge < -0.3 is 5.11 Å². The van der Waals surface area contributed by atoms with Gasteiger partial charge in [0.1, 0.15) is 0 Å². The van der Waals surface area contributed by atoms with Gasteiger partial charge in [0.15, 0.2) is 0 Å². The number of hydrogen-bond acceptors (Lipinski definition) is 5. The zero-order valence-corrected chi connectivity index (χ0v) is 16.1. The van der Waals surface area contributed by atoms with Gasteiger partial charge in [-0.1, -0.05) is 18.6 Å². The average molecular weight is 404 g/mol. The molecule has 0 bridgehead atoms. The average Bonchev–Trinajstić information content (AvgIpc) is 2.66. The summed E-state index contributed by atoms with van der Waals surface area (Å²) < 4.78 is 27.8. The number of carboxylic acids is 1. The summed E-state index contributed by atoms with van der Waals surface area (Å²) in [5, 5.41) is 9.57. The number of nitrogens with zero attached hydrogens (tertiary/aromatic N) is 1. The van der Waals surface area contributed by atoms with Gasteiger partial charge in [0.25, 0.3) is 11.8 Å². The molecule has 0 atom stereocenters. The summed E-state index contributed by atoms with van der Waals surface area (Å²) in [6.45, 7) is 0.168. The van der Waals surface area contributed by atoms with Crippen molar-refractivity contribution in [1.82, 2.24) is 9.62 Å². The van der Waals surface area contributed by atoms with E-state index in [4.69, 9.17) is 5.11 Å². The van der Waals surface area contributed by atoms with E-state index in [-0.39, 0.29) is 23.4 Å². The van der Waals surface area contributed by atoms with Crippen LogP contribution in [0.5, 0.6) is 0 Å². The van der Waals surface area contributed by atoms with E-state index in [1.165, 1.54) is 19.2 Å². The first kappa shape index (κ1) is 20.0. The number of imide groups is 1. The lowest BCUT2D eigenvalue weighted by atomic mass is 9.94. The standard InChI is InChI=1S/C19H20N2O6S/c1-21-18(24)14-7-5-6-12-10-13(11-15(17(12)14)19(21)25)28(26,27)20-9-4-2-3-8-16(22)23/h5-7,10-11,20H,2-4,8-9H2,1H3,(H,22,23). The minimum absolute atomic E-state index is 0.0474. The van der Waals surface area contributed by atoms with E-state index < -0.39 is 27.8 Å². The van der Waals surface area contributed by atoms with E-state index in [0.717, 1.165) is 4.90 Å². The van der Waals surface area contributed by atoms with Crippen LogP contribution in [0.1, 0.15) is 46.4 Å². The molecule has 2 aromatic rings. The van der Waals surface area contributed by atoms with Crippen molar-refractivity contribution >= 4 is 38.6 Å². The third-order valence-electron chi connectivity index (χ3n) is 4.69. The zero-order valence-electron chi connectivity index (χ0n) is 15.3. The first-order chi connectivity index (χ1) is 13.2. The molecule has 1 aliphatic heterocycles. The molecule has 0 unspecified atom stereocenters. The molecule has 0 saturated heterocycles. The van der Waals surface area contributed by atoms with Crippen LogP contribution >= 0.6 is 0 Å². The maximum atomic E-state index is 12.6. The maximum Gasteiger partial charge on any atom is 0.303 e.